The van der Waals surface area contributed by atoms with Gasteiger partial charge in [-0.25, -0.2) is 12.7 Å². The molecule has 0 saturated carbocycles. The molecule has 0 amide bonds. The Morgan fingerprint density at radius 3 is 2.03 bits per heavy atom. The first-order chi connectivity index (χ1) is 14.6. The van der Waals surface area contributed by atoms with Crippen molar-refractivity contribution in [2.75, 3.05) is 10.9 Å². The molecule has 1 unspecified atom stereocenters. The predicted octanol–water partition coefficient (Wildman–Crippen LogP) is 6.16. The van der Waals surface area contributed by atoms with Gasteiger partial charge in [-0.15, -0.1) is 0 Å². The lowest BCUT2D eigenvalue weighted by atomic mass is 9.99. The van der Waals surface area contributed by atoms with Gasteiger partial charge in [-0.2, -0.15) is 13.2 Å². The van der Waals surface area contributed by atoms with Crippen molar-refractivity contribution in [3.8, 4) is 0 Å². The highest BCUT2D eigenvalue weighted by Crippen LogP contribution is 2.38. The highest BCUT2D eigenvalue weighted by Gasteiger charge is 2.40. The summed E-state index contributed by atoms with van der Waals surface area (Å²) in [6.07, 6.45) is -4.64. The summed E-state index contributed by atoms with van der Waals surface area (Å²) in [5, 5.41) is 9.25. The summed E-state index contributed by atoms with van der Waals surface area (Å²) in [7, 11) is -4.28. The quantitative estimate of drug-likeness (QED) is 0.451. The minimum Gasteiger partial charge on any atom is -0.395 e. The third kappa shape index (κ3) is 4.98. The Labute approximate surface area is 187 Å². The molecule has 164 valence electrons. The minimum absolute atomic E-state index is 0.0561. The number of anilines is 2. The van der Waals surface area contributed by atoms with Crippen LogP contribution in [0.15, 0.2) is 77.7 Å². The van der Waals surface area contributed by atoms with E-state index >= 15 is 0 Å². The van der Waals surface area contributed by atoms with E-state index < -0.39 is 28.7 Å². The van der Waals surface area contributed by atoms with Gasteiger partial charge in [0, 0.05) is 5.02 Å². The molecule has 3 rings (SSSR count). The van der Waals surface area contributed by atoms with Gasteiger partial charge in [-0.05, 0) is 48.0 Å². The summed E-state index contributed by atoms with van der Waals surface area (Å²) < 4.78 is 67.4. The van der Waals surface area contributed by atoms with Crippen molar-refractivity contribution < 1.29 is 26.7 Å². The normalized spacial score (nSPS) is 13.1. The highest BCUT2D eigenvalue weighted by atomic mass is 35.5. The molecule has 10 heteroatoms. The second kappa shape index (κ2) is 9.08. The zero-order valence-electron chi connectivity index (χ0n) is 15.7. The topological polar surface area (TPSA) is 57.6 Å². The third-order valence-electron chi connectivity index (χ3n) is 4.51. The number of hydrogen-bond acceptors (Lipinski definition) is 3. The van der Waals surface area contributed by atoms with Crippen LogP contribution in [0.2, 0.25) is 10.0 Å². The van der Waals surface area contributed by atoms with Gasteiger partial charge in [0.15, 0.2) is 0 Å². The van der Waals surface area contributed by atoms with E-state index in [9.17, 15) is 21.6 Å². The summed E-state index contributed by atoms with van der Waals surface area (Å²) >= 11 is 12.1. The lowest BCUT2D eigenvalue weighted by molar-refractivity contribution is -0.158. The zero-order valence-corrected chi connectivity index (χ0v) is 18.1. The summed E-state index contributed by atoms with van der Waals surface area (Å²) in [5.74, 6) is -2.08. The Morgan fingerprint density at radius 1 is 0.903 bits per heavy atom. The largest absolute Gasteiger partial charge is 0.397 e. The number of halogens is 5. The second-order valence-corrected chi connectivity index (χ2v) is 9.15. The first kappa shape index (κ1) is 23.4. The highest BCUT2D eigenvalue weighted by molar-refractivity contribution is 7.93. The fourth-order valence-corrected chi connectivity index (χ4v) is 5.24. The molecule has 0 aliphatic heterocycles. The average Bonchev–Trinajstić information content (AvgIpc) is 2.71. The van der Waals surface area contributed by atoms with Gasteiger partial charge >= 0.3 is 6.18 Å². The molecule has 0 aliphatic rings. The van der Waals surface area contributed by atoms with E-state index in [0.717, 1.165) is 16.4 Å². The van der Waals surface area contributed by atoms with Gasteiger partial charge in [-0.3, -0.25) is 0 Å². The van der Waals surface area contributed by atoms with Gasteiger partial charge in [0.25, 0.3) is 10.0 Å². The summed E-state index contributed by atoms with van der Waals surface area (Å²) in [6.45, 7) is -1.12. The zero-order chi connectivity index (χ0) is 22.8. The van der Waals surface area contributed by atoms with Crippen molar-refractivity contribution in [1.29, 1.82) is 0 Å². The first-order valence-corrected chi connectivity index (χ1v) is 11.1. The van der Waals surface area contributed by atoms with Crippen LogP contribution in [-0.4, -0.2) is 26.3 Å². The van der Waals surface area contributed by atoms with E-state index in [4.69, 9.17) is 28.3 Å². The Morgan fingerprint density at radius 2 is 1.48 bits per heavy atom. The molecule has 0 radical (unpaired) electrons. The molecule has 31 heavy (non-hydrogen) atoms. The number of hydrogen-bond donors (Lipinski definition) is 1. The molecular weight excluding hydrogens is 474 g/mol. The summed E-state index contributed by atoms with van der Waals surface area (Å²) in [4.78, 5) is -0.252. The maximum absolute atomic E-state index is 13.5. The van der Waals surface area contributed by atoms with Crippen LogP contribution >= 0.6 is 23.2 Å². The van der Waals surface area contributed by atoms with E-state index in [1.165, 1.54) is 42.5 Å². The minimum atomic E-state index is -4.64. The van der Waals surface area contributed by atoms with Gasteiger partial charge in [0.05, 0.1) is 23.0 Å². The van der Waals surface area contributed by atoms with E-state index in [-0.39, 0.29) is 31.9 Å². The lowest BCUT2D eigenvalue weighted by Gasteiger charge is -2.26. The number of benzene rings is 3. The molecule has 0 spiro atoms. The van der Waals surface area contributed by atoms with Crippen molar-refractivity contribution >= 4 is 44.6 Å². The lowest BCUT2D eigenvalue weighted by Crippen LogP contribution is -2.27. The Hall–Kier alpha value is -2.26. The Balaban J connectivity index is 2.15. The van der Waals surface area contributed by atoms with Crippen LogP contribution < -0.4 is 4.31 Å². The van der Waals surface area contributed by atoms with Crippen LogP contribution in [0.4, 0.5) is 24.5 Å². The number of nitrogens with zero attached hydrogens (tertiary/aromatic N) is 1. The van der Waals surface area contributed by atoms with Gasteiger partial charge in [0.1, 0.15) is 10.8 Å². The number of aliphatic hydroxyl groups is 1. The molecular formula is C21H16Cl2F3NO3S. The number of rotatable bonds is 6. The molecule has 0 fully saturated rings. The van der Waals surface area contributed by atoms with Crippen LogP contribution in [0.3, 0.4) is 0 Å². The molecule has 3 aromatic carbocycles. The third-order valence-corrected chi connectivity index (χ3v) is 6.98. The van der Waals surface area contributed by atoms with Crippen LogP contribution in [0.1, 0.15) is 11.5 Å². The smallest absolute Gasteiger partial charge is 0.395 e. The SMILES string of the molecule is O=S(=O)(c1cc(Cl)ccc1Cl)N(c1ccccc1)c1ccc(C(CO)C(F)(F)F)cc1. The fourth-order valence-electron chi connectivity index (χ4n) is 3.00. The van der Waals surface area contributed by atoms with E-state index in [1.807, 2.05) is 0 Å². The maximum Gasteiger partial charge on any atom is 0.397 e. The Kier molecular flexibility index (Phi) is 6.85. The van der Waals surface area contributed by atoms with Crippen LogP contribution in [-0.2, 0) is 10.0 Å². The summed E-state index contributed by atoms with van der Waals surface area (Å²) in [6, 6.07) is 16.8. The van der Waals surface area contributed by atoms with E-state index in [2.05, 4.69) is 0 Å². The molecule has 0 bridgehead atoms. The van der Waals surface area contributed by atoms with Crippen molar-refractivity contribution in [2.45, 2.75) is 17.0 Å². The Bertz CT molecular complexity index is 1150. The van der Waals surface area contributed by atoms with Crippen LogP contribution in [0.25, 0.3) is 0 Å². The molecule has 0 heterocycles. The van der Waals surface area contributed by atoms with E-state index in [0.29, 0.717) is 0 Å². The molecule has 0 saturated heterocycles. The van der Waals surface area contributed by atoms with Crippen molar-refractivity contribution in [1.82, 2.24) is 0 Å². The average molecular weight is 490 g/mol. The number of para-hydroxylation sites is 1. The second-order valence-electron chi connectivity index (χ2n) is 6.55. The molecule has 4 nitrogen and oxygen atoms in total. The number of aliphatic hydroxyl groups excluding tert-OH is 1. The van der Waals surface area contributed by atoms with Crippen molar-refractivity contribution in [3.63, 3.8) is 0 Å². The standard InChI is InChI=1S/C21H16Cl2F3NO3S/c22-15-8-11-19(23)20(12-15)31(29,30)27(16-4-2-1-3-5-16)17-9-6-14(7-10-17)18(13-28)21(24,25)26/h1-12,18,28H,13H2. The van der Waals surface area contributed by atoms with Crippen LogP contribution in [0.5, 0.6) is 0 Å². The van der Waals surface area contributed by atoms with Crippen molar-refractivity contribution in [2.24, 2.45) is 0 Å². The molecule has 1 N–H and O–H groups in total. The predicted molar refractivity (Wildman–Crippen MR) is 115 cm³/mol. The van der Waals surface area contributed by atoms with Gasteiger partial charge in [-0.1, -0.05) is 53.5 Å². The number of sulfonamides is 1. The van der Waals surface area contributed by atoms with Crippen molar-refractivity contribution in [3.05, 3.63) is 88.4 Å². The number of alkyl halides is 3. The monoisotopic (exact) mass is 489 g/mol. The molecule has 0 aliphatic carbocycles. The summed E-state index contributed by atoms with van der Waals surface area (Å²) in [5.41, 5.74) is 0.149. The van der Waals surface area contributed by atoms with Crippen LogP contribution in [0, 0.1) is 0 Å². The van der Waals surface area contributed by atoms with E-state index in [1.54, 1.807) is 18.2 Å². The molecule has 3 aromatic rings. The molecule has 1 atom stereocenters. The maximum atomic E-state index is 13.5. The molecule has 0 aromatic heterocycles. The fraction of sp³-hybridized carbons (Fsp3) is 0.143. The van der Waals surface area contributed by atoms with Gasteiger partial charge < -0.3 is 5.11 Å². The van der Waals surface area contributed by atoms with Gasteiger partial charge in [0.2, 0.25) is 0 Å². The first-order valence-electron chi connectivity index (χ1n) is 8.88.